The van der Waals surface area contributed by atoms with Crippen molar-refractivity contribution in [3.05, 3.63) is 46.6 Å². The van der Waals surface area contributed by atoms with Crippen LogP contribution in [0.5, 0.6) is 11.5 Å². The van der Waals surface area contributed by atoms with Gasteiger partial charge in [-0.1, -0.05) is 11.6 Å². The number of phenols is 1. The van der Waals surface area contributed by atoms with Gasteiger partial charge < -0.3 is 54.1 Å². The zero-order valence-corrected chi connectivity index (χ0v) is 26.6. The Morgan fingerprint density at radius 2 is 1.89 bits per heavy atom. The first-order chi connectivity index (χ1) is 21.6. The number of rotatable bonds is 12. The fraction of sp³-hybridized carbons (Fsp3) is 0.462. The summed E-state index contributed by atoms with van der Waals surface area (Å²) in [4.78, 5) is 44.6. The van der Waals surface area contributed by atoms with E-state index in [1.165, 1.54) is 24.3 Å². The zero-order valence-electron chi connectivity index (χ0n) is 24.8. The molecule has 1 fully saturated rings. The summed E-state index contributed by atoms with van der Waals surface area (Å²) in [5.74, 6) is -1.77. The quantitative estimate of drug-likeness (QED) is 0.0890. The molecule has 0 amide bonds. The van der Waals surface area contributed by atoms with Crippen LogP contribution in [0.2, 0.25) is 0 Å². The molecule has 46 heavy (non-hydrogen) atoms. The molecule has 2 aliphatic rings. The van der Waals surface area contributed by atoms with Gasteiger partial charge in [-0.25, -0.2) is 19.7 Å². The average Bonchev–Trinajstić information content (AvgIpc) is 3.68. The molecule has 1 saturated heterocycles. The van der Waals surface area contributed by atoms with E-state index in [0.717, 1.165) is 0 Å². The highest BCUT2D eigenvalue weighted by Gasteiger charge is 2.46. The summed E-state index contributed by atoms with van der Waals surface area (Å²) in [6.07, 6.45) is -1.51. The van der Waals surface area contributed by atoms with Gasteiger partial charge in [0.15, 0.2) is 23.6 Å². The molecule has 6 unspecified atom stereocenters. The molecule has 7 N–H and O–H groups in total. The average molecular weight is 686 g/mol. The number of carbonyl (C=O) groups excluding carboxylic acids is 1. The fourth-order valence-electron chi connectivity index (χ4n) is 5.22. The molecule has 0 spiro atoms. The highest BCUT2D eigenvalue weighted by atomic mass is 31.2. The first-order valence-corrected chi connectivity index (χ1v) is 17.3. The summed E-state index contributed by atoms with van der Waals surface area (Å²) in [5.41, 5.74) is 8.18. The lowest BCUT2D eigenvalue weighted by Crippen LogP contribution is -2.33. The van der Waals surface area contributed by atoms with Crippen LogP contribution in [0.3, 0.4) is 0 Å². The van der Waals surface area contributed by atoms with E-state index in [4.69, 9.17) is 29.0 Å². The largest absolute Gasteiger partial charge is 0.507 e. The van der Waals surface area contributed by atoms with Crippen LogP contribution in [-0.4, -0.2) is 95.1 Å². The Kier molecular flexibility index (Phi) is 9.57. The van der Waals surface area contributed by atoms with Gasteiger partial charge in [-0.3, -0.25) is 13.7 Å². The molecule has 2 aliphatic heterocycles. The van der Waals surface area contributed by atoms with Crippen molar-refractivity contribution < 1.29 is 62.3 Å². The molecule has 2 aromatic heterocycles. The predicted molar refractivity (Wildman–Crippen MR) is 158 cm³/mol. The number of carbonyl (C=O) groups is 1. The fourth-order valence-corrected chi connectivity index (χ4v) is 8.46. The van der Waals surface area contributed by atoms with Crippen LogP contribution in [0.4, 0.5) is 5.82 Å². The van der Waals surface area contributed by atoms with Gasteiger partial charge in [0.2, 0.25) is 0 Å². The normalized spacial score (nSPS) is 24.1. The van der Waals surface area contributed by atoms with Crippen LogP contribution >= 0.6 is 15.2 Å². The SMILES string of the molecule is COc1c(C)c2c(c(O)c1C/C=C(\C)COP(=O)(O)CP(=O)(O)OCC1OC(n3cnc4c(N)ncnc43)C(O)C1O)C(=O)OC2. The highest BCUT2D eigenvalue weighted by Crippen LogP contribution is 2.58. The number of anilines is 1. The lowest BCUT2D eigenvalue weighted by Gasteiger charge is -2.20. The summed E-state index contributed by atoms with van der Waals surface area (Å²) < 4.78 is 52.8. The van der Waals surface area contributed by atoms with Crippen molar-refractivity contribution in [2.75, 3.05) is 32.0 Å². The van der Waals surface area contributed by atoms with Crippen LogP contribution in [0.25, 0.3) is 11.2 Å². The number of esters is 1. The monoisotopic (exact) mass is 685 g/mol. The van der Waals surface area contributed by atoms with Gasteiger partial charge in [0.1, 0.15) is 53.8 Å². The van der Waals surface area contributed by atoms with Gasteiger partial charge in [-0.2, -0.15) is 0 Å². The molecule has 250 valence electrons. The molecule has 20 heteroatoms. The van der Waals surface area contributed by atoms with Gasteiger partial charge in [0, 0.05) is 11.1 Å². The Morgan fingerprint density at radius 3 is 2.61 bits per heavy atom. The number of nitrogen functional groups attached to an aromatic ring is 1. The van der Waals surface area contributed by atoms with Crippen LogP contribution in [0, 0.1) is 6.92 Å². The van der Waals surface area contributed by atoms with E-state index in [1.54, 1.807) is 19.9 Å². The van der Waals surface area contributed by atoms with Crippen molar-refractivity contribution in [3.8, 4) is 11.5 Å². The number of aliphatic hydroxyl groups is 2. The minimum Gasteiger partial charge on any atom is -0.507 e. The molecule has 18 nitrogen and oxygen atoms in total. The maximum atomic E-state index is 12.7. The minimum absolute atomic E-state index is 0.0164. The summed E-state index contributed by atoms with van der Waals surface area (Å²) >= 11 is 0. The number of cyclic esters (lactones) is 1. The summed E-state index contributed by atoms with van der Waals surface area (Å²) in [5, 5.41) is 31.8. The number of nitrogens with zero attached hydrogens (tertiary/aromatic N) is 4. The number of imidazole rings is 1. The molecule has 4 heterocycles. The molecular weight excluding hydrogens is 652 g/mol. The molecule has 1 aromatic carbocycles. The Hall–Kier alpha value is -3.44. The second-order valence-corrected chi connectivity index (χ2v) is 15.0. The molecular formula is C26H33N5O13P2. The summed E-state index contributed by atoms with van der Waals surface area (Å²) in [6.45, 7) is 2.17. The first-order valence-electron chi connectivity index (χ1n) is 13.8. The first kappa shape index (κ1) is 33.9. The third kappa shape index (κ3) is 6.67. The van der Waals surface area contributed by atoms with Crippen LogP contribution in [-0.2, 0) is 40.7 Å². The third-order valence-electron chi connectivity index (χ3n) is 7.59. The van der Waals surface area contributed by atoms with Gasteiger partial charge in [0.25, 0.3) is 0 Å². The Balaban J connectivity index is 1.17. The van der Waals surface area contributed by atoms with Crippen molar-refractivity contribution in [2.45, 2.75) is 51.4 Å². The van der Waals surface area contributed by atoms with E-state index in [2.05, 4.69) is 15.0 Å². The van der Waals surface area contributed by atoms with E-state index in [1.807, 2.05) is 0 Å². The molecule has 3 aromatic rings. The van der Waals surface area contributed by atoms with Crippen molar-refractivity contribution in [3.63, 3.8) is 0 Å². The van der Waals surface area contributed by atoms with Crippen LogP contribution in [0.1, 0.15) is 40.2 Å². The van der Waals surface area contributed by atoms with Crippen molar-refractivity contribution in [1.82, 2.24) is 19.5 Å². The lowest BCUT2D eigenvalue weighted by molar-refractivity contribution is -0.0483. The summed E-state index contributed by atoms with van der Waals surface area (Å²) in [6, 6.07) is 0. The molecule has 0 aliphatic carbocycles. The predicted octanol–water partition coefficient (Wildman–Crippen LogP) is 1.27. The second-order valence-electron chi connectivity index (χ2n) is 10.8. The van der Waals surface area contributed by atoms with Gasteiger partial charge in [-0.15, -0.1) is 0 Å². The number of hydrogen-bond donors (Lipinski definition) is 6. The van der Waals surface area contributed by atoms with Gasteiger partial charge >= 0.3 is 21.2 Å². The number of ether oxygens (including phenoxy) is 3. The number of nitrogens with two attached hydrogens (primary N) is 1. The molecule has 0 radical (unpaired) electrons. The van der Waals surface area contributed by atoms with Crippen molar-refractivity contribution in [2.24, 2.45) is 0 Å². The number of phenolic OH excluding ortho intramolecular Hbond substituents is 1. The van der Waals surface area contributed by atoms with E-state index in [0.29, 0.717) is 28.0 Å². The molecule has 5 rings (SSSR count). The number of fused-ring (bicyclic) bond motifs is 2. The molecule has 0 bridgehead atoms. The highest BCUT2D eigenvalue weighted by molar-refractivity contribution is 7.70. The van der Waals surface area contributed by atoms with Crippen LogP contribution < -0.4 is 10.5 Å². The van der Waals surface area contributed by atoms with E-state index in [-0.39, 0.29) is 41.3 Å². The Morgan fingerprint density at radius 1 is 1.17 bits per heavy atom. The van der Waals surface area contributed by atoms with Gasteiger partial charge in [0.05, 0.1) is 26.7 Å². The number of aromatic nitrogens is 4. The molecule has 0 saturated carbocycles. The van der Waals surface area contributed by atoms with Crippen molar-refractivity contribution >= 4 is 38.1 Å². The maximum absolute atomic E-state index is 12.7. The number of methoxy groups -OCH3 is 1. The standard InChI is InChI=1S/C26H33N5O13P2/c1-12(4-5-14-19(32)17-15(7-41-26(17)35)13(2)22(14)40-3)6-42-45(36,37)11-46(38,39)43-8-16-20(33)21(34)25(44-16)31-10-30-18-23(27)28-9-29-24(18)31/h4,9-10,16,20-21,25,32-34H,5-8,11H2,1-3H3,(H,36,37)(H,38,39)(H2,27,28,29)/b12-4+. The number of hydrogen-bond acceptors (Lipinski definition) is 15. The third-order valence-corrected chi connectivity index (χ3v) is 11.5. The van der Waals surface area contributed by atoms with E-state index >= 15 is 0 Å². The summed E-state index contributed by atoms with van der Waals surface area (Å²) in [7, 11) is -8.05. The topological polar surface area (TPSA) is 268 Å². The molecule has 6 atom stereocenters. The Labute approximate surface area is 261 Å². The number of benzene rings is 1. The minimum atomic E-state index is -4.78. The number of allylic oxidation sites excluding steroid dienone is 1. The van der Waals surface area contributed by atoms with Crippen LogP contribution in [0.15, 0.2) is 24.3 Å². The lowest BCUT2D eigenvalue weighted by atomic mass is 9.95. The second kappa shape index (κ2) is 13.0. The maximum Gasteiger partial charge on any atom is 0.342 e. The smallest absolute Gasteiger partial charge is 0.342 e. The van der Waals surface area contributed by atoms with E-state index in [9.17, 15) is 39.0 Å². The zero-order chi connectivity index (χ0) is 33.6. The van der Waals surface area contributed by atoms with Gasteiger partial charge in [-0.05, 0) is 25.8 Å². The van der Waals surface area contributed by atoms with Crippen molar-refractivity contribution in [1.29, 1.82) is 0 Å². The number of aliphatic hydroxyl groups excluding tert-OH is 2. The number of aromatic hydroxyl groups is 1. The van der Waals surface area contributed by atoms with E-state index < -0.39 is 64.8 Å². The Bertz CT molecular complexity index is 1800.